The summed E-state index contributed by atoms with van der Waals surface area (Å²) in [5.41, 5.74) is -1.97. The van der Waals surface area contributed by atoms with E-state index >= 15 is 0 Å². The van der Waals surface area contributed by atoms with Gasteiger partial charge in [0.15, 0.2) is 15.5 Å². The quantitative estimate of drug-likeness (QED) is 0.858. The van der Waals surface area contributed by atoms with Crippen molar-refractivity contribution in [2.75, 3.05) is 29.9 Å². The summed E-state index contributed by atoms with van der Waals surface area (Å²) < 4.78 is 62.5. The molecule has 3 rings (SSSR count). The standard InChI is InChI=1S/C13H15F3N4O3S/c14-13(15,16)10-9(7-17-12(19-10)18-8-1-2-8)11(21)20-3-5-24(22,23)6-4-20/h7-8H,1-6H2,(H,17,18,19). The van der Waals surface area contributed by atoms with E-state index < -0.39 is 33.2 Å². The number of hydrogen-bond acceptors (Lipinski definition) is 6. The second-order valence-corrected chi connectivity index (χ2v) is 8.12. The highest BCUT2D eigenvalue weighted by atomic mass is 32.2. The number of amides is 1. The first-order valence-corrected chi connectivity index (χ1v) is 9.18. The van der Waals surface area contributed by atoms with Crippen molar-refractivity contribution in [1.82, 2.24) is 14.9 Å². The van der Waals surface area contributed by atoms with Gasteiger partial charge in [-0.05, 0) is 12.8 Å². The Balaban J connectivity index is 1.87. The number of aromatic nitrogens is 2. The number of halogens is 3. The monoisotopic (exact) mass is 364 g/mol. The minimum absolute atomic E-state index is 0.0694. The summed E-state index contributed by atoms with van der Waals surface area (Å²) >= 11 is 0. The molecule has 1 saturated heterocycles. The first-order chi connectivity index (χ1) is 11.2. The Morgan fingerprint density at radius 3 is 2.42 bits per heavy atom. The first-order valence-electron chi connectivity index (χ1n) is 7.36. The molecule has 1 aliphatic carbocycles. The number of anilines is 1. The Labute approximate surface area is 136 Å². The number of hydrogen-bond donors (Lipinski definition) is 1. The number of carbonyl (C=O) groups excluding carboxylic acids is 1. The first kappa shape index (κ1) is 16.9. The molecule has 0 aromatic carbocycles. The van der Waals surface area contributed by atoms with Gasteiger partial charge in [0.2, 0.25) is 5.95 Å². The molecule has 0 unspecified atom stereocenters. The molecule has 7 nitrogen and oxygen atoms in total. The average molecular weight is 364 g/mol. The zero-order valence-electron chi connectivity index (χ0n) is 12.5. The van der Waals surface area contributed by atoms with Crippen LogP contribution in [-0.4, -0.2) is 59.8 Å². The molecule has 1 aromatic heterocycles. The van der Waals surface area contributed by atoms with Crippen LogP contribution < -0.4 is 5.32 Å². The number of carbonyl (C=O) groups is 1. The molecule has 132 valence electrons. The van der Waals surface area contributed by atoms with Crippen molar-refractivity contribution in [1.29, 1.82) is 0 Å². The van der Waals surface area contributed by atoms with Gasteiger partial charge in [0.05, 0.1) is 17.1 Å². The lowest BCUT2D eigenvalue weighted by molar-refractivity contribution is -0.141. The molecule has 24 heavy (non-hydrogen) atoms. The molecular weight excluding hydrogens is 349 g/mol. The Morgan fingerprint density at radius 1 is 1.25 bits per heavy atom. The minimum atomic E-state index is -4.81. The maximum atomic E-state index is 13.2. The van der Waals surface area contributed by atoms with Crippen LogP contribution in [0.3, 0.4) is 0 Å². The fourth-order valence-electron chi connectivity index (χ4n) is 2.32. The van der Waals surface area contributed by atoms with E-state index in [9.17, 15) is 26.4 Å². The van der Waals surface area contributed by atoms with Gasteiger partial charge in [-0.2, -0.15) is 13.2 Å². The molecule has 0 spiro atoms. The molecule has 2 aliphatic rings. The summed E-state index contributed by atoms with van der Waals surface area (Å²) in [6.07, 6.45) is -2.27. The van der Waals surface area contributed by atoms with Crippen LogP contribution in [0.1, 0.15) is 28.9 Å². The summed E-state index contributed by atoms with van der Waals surface area (Å²) in [5.74, 6) is -1.59. The van der Waals surface area contributed by atoms with Gasteiger partial charge in [-0.25, -0.2) is 18.4 Å². The SMILES string of the molecule is O=C(c1cnc(NC2CC2)nc1C(F)(F)F)N1CCS(=O)(=O)CC1. The predicted molar refractivity (Wildman–Crippen MR) is 78.2 cm³/mol. The van der Waals surface area contributed by atoms with Gasteiger partial charge < -0.3 is 10.2 Å². The second-order valence-electron chi connectivity index (χ2n) is 5.82. The van der Waals surface area contributed by atoms with Gasteiger partial charge in [-0.1, -0.05) is 0 Å². The van der Waals surface area contributed by atoms with Crippen molar-refractivity contribution >= 4 is 21.7 Å². The summed E-state index contributed by atoms with van der Waals surface area (Å²) in [4.78, 5) is 20.7. The third-order valence-corrected chi connectivity index (χ3v) is 5.44. The fraction of sp³-hybridized carbons (Fsp3) is 0.615. The van der Waals surface area contributed by atoms with E-state index in [2.05, 4.69) is 15.3 Å². The van der Waals surface area contributed by atoms with Crippen molar-refractivity contribution in [3.05, 3.63) is 17.5 Å². The number of rotatable bonds is 3. The highest BCUT2D eigenvalue weighted by Gasteiger charge is 2.40. The average Bonchev–Trinajstić information content (AvgIpc) is 3.29. The van der Waals surface area contributed by atoms with Crippen LogP contribution in [-0.2, 0) is 16.0 Å². The zero-order chi connectivity index (χ0) is 17.5. The molecule has 1 amide bonds. The van der Waals surface area contributed by atoms with Gasteiger partial charge in [0, 0.05) is 25.3 Å². The highest BCUT2D eigenvalue weighted by molar-refractivity contribution is 7.91. The van der Waals surface area contributed by atoms with Crippen LogP contribution in [0.2, 0.25) is 0 Å². The molecule has 2 fully saturated rings. The summed E-state index contributed by atoms with van der Waals surface area (Å²) in [7, 11) is -3.24. The van der Waals surface area contributed by atoms with Gasteiger partial charge in [-0.15, -0.1) is 0 Å². The zero-order valence-corrected chi connectivity index (χ0v) is 13.3. The highest BCUT2D eigenvalue weighted by Crippen LogP contribution is 2.32. The number of sulfone groups is 1. The molecule has 0 atom stereocenters. The maximum absolute atomic E-state index is 13.2. The van der Waals surface area contributed by atoms with E-state index in [0.29, 0.717) is 0 Å². The smallest absolute Gasteiger partial charge is 0.351 e. The van der Waals surface area contributed by atoms with Crippen LogP contribution in [0.25, 0.3) is 0 Å². The van der Waals surface area contributed by atoms with E-state index in [-0.39, 0.29) is 36.6 Å². The topological polar surface area (TPSA) is 92.3 Å². The van der Waals surface area contributed by atoms with E-state index in [1.165, 1.54) is 0 Å². The molecule has 0 radical (unpaired) electrons. The molecule has 1 aliphatic heterocycles. The van der Waals surface area contributed by atoms with Gasteiger partial charge in [-0.3, -0.25) is 4.79 Å². The molecular formula is C13H15F3N4O3S. The van der Waals surface area contributed by atoms with Gasteiger partial charge >= 0.3 is 6.18 Å². The fourth-order valence-corrected chi connectivity index (χ4v) is 3.52. The Hall–Kier alpha value is -1.91. The molecule has 1 saturated carbocycles. The van der Waals surface area contributed by atoms with Crippen LogP contribution in [0.5, 0.6) is 0 Å². The number of alkyl halides is 3. The summed E-state index contributed by atoms with van der Waals surface area (Å²) in [5, 5.41) is 2.76. The number of nitrogens with zero attached hydrogens (tertiary/aromatic N) is 3. The lowest BCUT2D eigenvalue weighted by atomic mass is 10.2. The lowest BCUT2D eigenvalue weighted by Crippen LogP contribution is -2.44. The maximum Gasteiger partial charge on any atom is 0.434 e. The third-order valence-electron chi connectivity index (χ3n) is 3.83. The van der Waals surface area contributed by atoms with Crippen molar-refractivity contribution in [3.63, 3.8) is 0 Å². The second kappa shape index (κ2) is 5.87. The van der Waals surface area contributed by atoms with Crippen LogP contribution in [0, 0.1) is 0 Å². The summed E-state index contributed by atoms with van der Waals surface area (Å²) in [6, 6.07) is 0.0694. The Morgan fingerprint density at radius 2 is 1.88 bits per heavy atom. The molecule has 0 bridgehead atoms. The number of nitrogens with one attached hydrogen (secondary N) is 1. The predicted octanol–water partition coefficient (Wildman–Crippen LogP) is 0.940. The van der Waals surface area contributed by atoms with Gasteiger partial charge in [0.25, 0.3) is 5.91 Å². The van der Waals surface area contributed by atoms with Gasteiger partial charge in [0.1, 0.15) is 0 Å². The minimum Gasteiger partial charge on any atom is -0.351 e. The van der Waals surface area contributed by atoms with E-state index in [1.54, 1.807) is 0 Å². The van der Waals surface area contributed by atoms with E-state index in [0.717, 1.165) is 23.9 Å². The lowest BCUT2D eigenvalue weighted by Gasteiger charge is -2.27. The van der Waals surface area contributed by atoms with Crippen molar-refractivity contribution in [2.45, 2.75) is 25.1 Å². The third kappa shape index (κ3) is 3.77. The van der Waals surface area contributed by atoms with Crippen LogP contribution in [0.15, 0.2) is 6.20 Å². The normalized spacial score (nSPS) is 20.7. The van der Waals surface area contributed by atoms with Crippen molar-refractivity contribution < 1.29 is 26.4 Å². The summed E-state index contributed by atoms with van der Waals surface area (Å²) in [6.45, 7) is -0.277. The van der Waals surface area contributed by atoms with Crippen LogP contribution >= 0.6 is 0 Å². The van der Waals surface area contributed by atoms with Crippen molar-refractivity contribution in [3.8, 4) is 0 Å². The molecule has 1 aromatic rings. The molecule has 2 heterocycles. The molecule has 1 N–H and O–H groups in total. The van der Waals surface area contributed by atoms with Crippen LogP contribution in [0.4, 0.5) is 19.1 Å². The largest absolute Gasteiger partial charge is 0.434 e. The van der Waals surface area contributed by atoms with E-state index in [4.69, 9.17) is 0 Å². The van der Waals surface area contributed by atoms with E-state index in [1.807, 2.05) is 0 Å². The van der Waals surface area contributed by atoms with Crippen molar-refractivity contribution in [2.24, 2.45) is 0 Å². The molecule has 11 heteroatoms. The Bertz CT molecular complexity index is 748. The Kier molecular flexibility index (Phi) is 4.14.